The van der Waals surface area contributed by atoms with E-state index in [1.165, 1.54) is 6.07 Å². The summed E-state index contributed by atoms with van der Waals surface area (Å²) in [4.78, 5) is 11.2. The lowest BCUT2D eigenvalue weighted by molar-refractivity contribution is 0.0683. The quantitative estimate of drug-likeness (QED) is 0.911. The molecule has 4 heteroatoms. The summed E-state index contributed by atoms with van der Waals surface area (Å²) in [6, 6.07) is 8.11. The predicted molar refractivity (Wildman–Crippen MR) is 71.9 cm³/mol. The molecular formula is C15H16FNO2. The molecule has 0 aliphatic rings. The second-order valence-corrected chi connectivity index (χ2v) is 4.79. The van der Waals surface area contributed by atoms with E-state index in [9.17, 15) is 14.3 Å². The van der Waals surface area contributed by atoms with Crippen LogP contribution in [-0.4, -0.2) is 15.6 Å². The summed E-state index contributed by atoms with van der Waals surface area (Å²) in [7, 11) is 0. The number of carbonyl (C=O) groups is 1. The number of carboxylic acid groups (broad SMARTS) is 1. The lowest BCUT2D eigenvalue weighted by Crippen LogP contribution is -2.12. The number of aromatic carboxylic acids is 1. The van der Waals surface area contributed by atoms with E-state index in [1.807, 2.05) is 13.8 Å². The zero-order valence-electron chi connectivity index (χ0n) is 11.1. The van der Waals surface area contributed by atoms with Gasteiger partial charge in [-0.2, -0.15) is 0 Å². The van der Waals surface area contributed by atoms with Gasteiger partial charge in [0.1, 0.15) is 11.5 Å². The molecule has 1 aromatic heterocycles. The van der Waals surface area contributed by atoms with Gasteiger partial charge in [0, 0.05) is 17.3 Å². The Morgan fingerprint density at radius 3 is 2.53 bits per heavy atom. The second kappa shape index (κ2) is 4.88. The summed E-state index contributed by atoms with van der Waals surface area (Å²) in [5.41, 5.74) is 2.19. The van der Waals surface area contributed by atoms with Gasteiger partial charge in [-0.1, -0.05) is 12.1 Å². The van der Waals surface area contributed by atoms with E-state index in [4.69, 9.17) is 0 Å². The molecule has 100 valence electrons. The molecule has 2 rings (SSSR count). The van der Waals surface area contributed by atoms with Gasteiger partial charge >= 0.3 is 5.97 Å². The molecule has 0 fully saturated rings. The Balaban J connectivity index is 2.69. The summed E-state index contributed by atoms with van der Waals surface area (Å²) >= 11 is 0. The summed E-state index contributed by atoms with van der Waals surface area (Å²) < 4.78 is 15.3. The summed E-state index contributed by atoms with van der Waals surface area (Å²) in [6.07, 6.45) is 0. The fourth-order valence-electron chi connectivity index (χ4n) is 2.28. The Morgan fingerprint density at radius 1 is 1.26 bits per heavy atom. The minimum Gasteiger partial charge on any atom is -0.477 e. The average Bonchev–Trinajstić information content (AvgIpc) is 2.77. The maximum absolute atomic E-state index is 13.6. The van der Waals surface area contributed by atoms with Gasteiger partial charge in [-0.15, -0.1) is 0 Å². The highest BCUT2D eigenvalue weighted by Gasteiger charge is 2.18. The summed E-state index contributed by atoms with van der Waals surface area (Å²) in [6.45, 7) is 5.51. The van der Waals surface area contributed by atoms with Crippen LogP contribution in [0.2, 0.25) is 0 Å². The maximum atomic E-state index is 13.6. The van der Waals surface area contributed by atoms with Crippen LogP contribution in [0.4, 0.5) is 4.39 Å². The number of hydrogen-bond acceptors (Lipinski definition) is 1. The van der Waals surface area contributed by atoms with Gasteiger partial charge in [-0.3, -0.25) is 0 Å². The molecule has 0 bridgehead atoms. The topological polar surface area (TPSA) is 42.2 Å². The molecule has 0 aliphatic carbocycles. The molecule has 0 saturated heterocycles. The number of aromatic nitrogens is 1. The molecule has 0 spiro atoms. The first kappa shape index (κ1) is 13.3. The number of nitrogens with zero attached hydrogens (tertiary/aromatic N) is 1. The molecule has 0 amide bonds. The van der Waals surface area contributed by atoms with Crippen molar-refractivity contribution in [2.75, 3.05) is 0 Å². The molecule has 0 radical (unpaired) electrons. The molecule has 0 atom stereocenters. The van der Waals surface area contributed by atoms with Crippen molar-refractivity contribution in [3.8, 4) is 11.3 Å². The SMILES string of the molecule is Cc1c(F)cccc1-c1ccc(C(=O)O)n1C(C)C. The van der Waals surface area contributed by atoms with Crippen LogP contribution in [0.25, 0.3) is 11.3 Å². The van der Waals surface area contributed by atoms with Gasteiger partial charge in [-0.05, 0) is 44.5 Å². The van der Waals surface area contributed by atoms with E-state index in [0.717, 1.165) is 11.3 Å². The fraction of sp³-hybridized carbons (Fsp3) is 0.267. The van der Waals surface area contributed by atoms with E-state index in [2.05, 4.69) is 0 Å². The second-order valence-electron chi connectivity index (χ2n) is 4.79. The highest BCUT2D eigenvalue weighted by atomic mass is 19.1. The van der Waals surface area contributed by atoms with Crippen LogP contribution < -0.4 is 0 Å². The monoisotopic (exact) mass is 261 g/mol. The molecular weight excluding hydrogens is 245 g/mol. The van der Waals surface area contributed by atoms with Crippen LogP contribution in [0, 0.1) is 12.7 Å². The van der Waals surface area contributed by atoms with E-state index in [1.54, 1.807) is 35.8 Å². The Hall–Kier alpha value is -2.10. The first-order chi connectivity index (χ1) is 8.93. The highest BCUT2D eigenvalue weighted by molar-refractivity contribution is 5.87. The van der Waals surface area contributed by atoms with Gasteiger partial charge in [0.15, 0.2) is 0 Å². The van der Waals surface area contributed by atoms with Crippen molar-refractivity contribution in [2.45, 2.75) is 26.8 Å². The van der Waals surface area contributed by atoms with E-state index in [-0.39, 0.29) is 17.6 Å². The zero-order valence-corrected chi connectivity index (χ0v) is 11.1. The molecule has 3 nitrogen and oxygen atoms in total. The van der Waals surface area contributed by atoms with Crippen molar-refractivity contribution in [1.82, 2.24) is 4.57 Å². The third-order valence-electron chi connectivity index (χ3n) is 3.20. The Kier molecular flexibility index (Phi) is 3.42. The summed E-state index contributed by atoms with van der Waals surface area (Å²) in [5, 5.41) is 9.20. The lowest BCUT2D eigenvalue weighted by atomic mass is 10.1. The number of hydrogen-bond donors (Lipinski definition) is 1. The number of carboxylic acids is 1. The maximum Gasteiger partial charge on any atom is 0.352 e. The van der Waals surface area contributed by atoms with E-state index < -0.39 is 5.97 Å². The van der Waals surface area contributed by atoms with Gasteiger partial charge in [0.05, 0.1) is 0 Å². The van der Waals surface area contributed by atoms with Gasteiger partial charge in [0.25, 0.3) is 0 Å². The van der Waals surface area contributed by atoms with Crippen LogP contribution in [0.5, 0.6) is 0 Å². The Bertz CT molecular complexity index is 629. The van der Waals surface area contributed by atoms with Crippen LogP contribution in [0.1, 0.15) is 35.9 Å². The molecule has 1 aromatic carbocycles. The van der Waals surface area contributed by atoms with Gasteiger partial charge in [-0.25, -0.2) is 9.18 Å². The average molecular weight is 261 g/mol. The number of benzene rings is 1. The van der Waals surface area contributed by atoms with Crippen molar-refractivity contribution >= 4 is 5.97 Å². The zero-order chi connectivity index (χ0) is 14.2. The van der Waals surface area contributed by atoms with E-state index in [0.29, 0.717) is 5.56 Å². The molecule has 0 unspecified atom stereocenters. The minimum atomic E-state index is -0.978. The van der Waals surface area contributed by atoms with Gasteiger partial charge < -0.3 is 9.67 Å². The van der Waals surface area contributed by atoms with Crippen LogP contribution in [-0.2, 0) is 0 Å². The first-order valence-electron chi connectivity index (χ1n) is 6.13. The van der Waals surface area contributed by atoms with Crippen molar-refractivity contribution in [3.05, 3.63) is 47.4 Å². The molecule has 1 heterocycles. The van der Waals surface area contributed by atoms with Gasteiger partial charge in [0.2, 0.25) is 0 Å². The smallest absolute Gasteiger partial charge is 0.352 e. The molecule has 0 aliphatic heterocycles. The standard InChI is InChI=1S/C15H16FNO2/c1-9(2)17-13(7-8-14(17)15(18)19)11-5-4-6-12(16)10(11)3/h4-9H,1-3H3,(H,18,19). The molecule has 19 heavy (non-hydrogen) atoms. The van der Waals surface area contributed by atoms with E-state index >= 15 is 0 Å². The number of rotatable bonds is 3. The molecule has 2 aromatic rings. The fourth-order valence-corrected chi connectivity index (χ4v) is 2.28. The molecule has 1 N–H and O–H groups in total. The first-order valence-corrected chi connectivity index (χ1v) is 6.13. The van der Waals surface area contributed by atoms with Crippen molar-refractivity contribution in [2.24, 2.45) is 0 Å². The van der Waals surface area contributed by atoms with Crippen LogP contribution in [0.15, 0.2) is 30.3 Å². The van der Waals surface area contributed by atoms with Crippen molar-refractivity contribution < 1.29 is 14.3 Å². The van der Waals surface area contributed by atoms with Crippen molar-refractivity contribution in [1.29, 1.82) is 0 Å². The largest absolute Gasteiger partial charge is 0.477 e. The van der Waals surface area contributed by atoms with Crippen molar-refractivity contribution in [3.63, 3.8) is 0 Å². The number of halogens is 1. The third kappa shape index (κ3) is 2.26. The third-order valence-corrected chi connectivity index (χ3v) is 3.20. The predicted octanol–water partition coefficient (Wildman–Crippen LogP) is 3.88. The normalized spacial score (nSPS) is 11.0. The van der Waals surface area contributed by atoms with Crippen LogP contribution in [0.3, 0.4) is 0 Å². The minimum absolute atomic E-state index is 0.0150. The lowest BCUT2D eigenvalue weighted by Gasteiger charge is -2.17. The Labute approximate surface area is 111 Å². The van der Waals surface area contributed by atoms with Crippen LogP contribution >= 0.6 is 0 Å². The highest BCUT2D eigenvalue weighted by Crippen LogP contribution is 2.29. The Morgan fingerprint density at radius 2 is 1.95 bits per heavy atom. The summed E-state index contributed by atoms with van der Waals surface area (Å²) in [5.74, 6) is -1.26. The molecule has 0 saturated carbocycles.